The lowest BCUT2D eigenvalue weighted by Gasteiger charge is -2.35. The van der Waals surface area contributed by atoms with Gasteiger partial charge in [-0.05, 0) is 52.6 Å². The van der Waals surface area contributed by atoms with Crippen LogP contribution < -0.4 is 0 Å². The van der Waals surface area contributed by atoms with E-state index in [1.54, 1.807) is 0 Å². The zero-order valence-corrected chi connectivity index (χ0v) is 23.9. The van der Waals surface area contributed by atoms with Crippen molar-refractivity contribution < 1.29 is 18.1 Å². The number of benzene rings is 3. The summed E-state index contributed by atoms with van der Waals surface area (Å²) in [6.45, 7) is 15.0. The maximum Gasteiger partial charge on any atom is 0.294 e. The van der Waals surface area contributed by atoms with E-state index in [1.165, 1.54) is 12.1 Å². The molecular weight excluding hydrogens is 508 g/mol. The highest BCUT2D eigenvalue weighted by atomic mass is 35.5. The third-order valence-corrected chi connectivity index (χ3v) is 7.66. The topological polar surface area (TPSA) is 99.3 Å². The second-order valence-electron chi connectivity index (χ2n) is 11.8. The Morgan fingerprint density at radius 1 is 0.811 bits per heavy atom. The largest absolute Gasteiger partial charge is 0.505 e. The van der Waals surface area contributed by atoms with Crippen molar-refractivity contribution in [3.63, 3.8) is 0 Å². The van der Waals surface area contributed by atoms with Crippen LogP contribution in [0.25, 0.3) is 0 Å². The Morgan fingerprint density at radius 3 is 1.97 bits per heavy atom. The van der Waals surface area contributed by atoms with Crippen molar-refractivity contribution in [2.45, 2.75) is 70.6 Å². The minimum absolute atomic E-state index is 0.0185. The van der Waals surface area contributed by atoms with Crippen LogP contribution in [-0.2, 0) is 20.9 Å². The van der Waals surface area contributed by atoms with Gasteiger partial charge in [-0.1, -0.05) is 96.5 Å². The zero-order valence-electron chi connectivity index (χ0n) is 22.4. The van der Waals surface area contributed by atoms with Gasteiger partial charge in [0.25, 0.3) is 10.1 Å². The van der Waals surface area contributed by atoms with Gasteiger partial charge in [0.15, 0.2) is 0 Å². The van der Waals surface area contributed by atoms with Gasteiger partial charge < -0.3 is 5.11 Å². The van der Waals surface area contributed by atoms with Crippen LogP contribution in [0.2, 0.25) is 5.02 Å². The Kier molecular flexibility index (Phi) is 7.94. The maximum atomic E-state index is 11.6. The Balaban J connectivity index is 2.23. The SMILES string of the molecule is CC(C)(C)CC(C)(C)c1cc(N=Nc2cc(S(=O)(=O)O)ccc2Cl)c(O)c(C(C)(C)c2ccccc2)c1. The number of phenols is 1. The lowest BCUT2D eigenvalue weighted by atomic mass is 9.70. The molecule has 8 heteroatoms. The summed E-state index contributed by atoms with van der Waals surface area (Å²) in [7, 11) is -4.44. The van der Waals surface area contributed by atoms with Crippen LogP contribution in [0.1, 0.15) is 71.6 Å². The van der Waals surface area contributed by atoms with Crippen LogP contribution in [0.5, 0.6) is 5.75 Å². The maximum absolute atomic E-state index is 11.6. The van der Waals surface area contributed by atoms with Gasteiger partial charge in [-0.15, -0.1) is 10.2 Å². The molecule has 0 atom stereocenters. The molecule has 198 valence electrons. The minimum atomic E-state index is -4.44. The van der Waals surface area contributed by atoms with E-state index in [-0.39, 0.29) is 37.9 Å². The number of hydrogen-bond donors (Lipinski definition) is 2. The number of aromatic hydroxyl groups is 1. The van der Waals surface area contributed by atoms with Gasteiger partial charge in [0.1, 0.15) is 17.1 Å². The predicted molar refractivity (Wildman–Crippen MR) is 149 cm³/mol. The third kappa shape index (κ3) is 6.78. The molecule has 0 aromatic heterocycles. The molecule has 0 amide bonds. The molecule has 0 heterocycles. The standard InChI is InChI=1S/C29H35ClN2O4S/c1-27(2,3)18-28(4,5)20-15-22(29(6,7)19-11-9-8-10-12-19)26(33)25(16-20)32-31-24-17-21(37(34,35)36)13-14-23(24)30/h8-17,33H,18H2,1-7H3,(H,34,35,36). The Labute approximate surface area is 225 Å². The number of hydrogen-bond acceptors (Lipinski definition) is 5. The summed E-state index contributed by atoms with van der Waals surface area (Å²) in [5, 5.41) is 20.0. The summed E-state index contributed by atoms with van der Waals surface area (Å²) in [5.41, 5.74) is 2.28. The molecule has 0 unspecified atom stereocenters. The normalized spacial score (nSPS) is 13.3. The van der Waals surface area contributed by atoms with E-state index in [9.17, 15) is 18.1 Å². The lowest BCUT2D eigenvalue weighted by Crippen LogP contribution is -2.26. The van der Waals surface area contributed by atoms with Crippen molar-refractivity contribution in [1.82, 2.24) is 0 Å². The fraction of sp³-hybridized carbons (Fsp3) is 0.379. The molecule has 37 heavy (non-hydrogen) atoms. The molecule has 3 rings (SSSR count). The number of nitrogens with zero attached hydrogens (tertiary/aromatic N) is 2. The highest BCUT2D eigenvalue weighted by molar-refractivity contribution is 7.85. The molecule has 0 aliphatic heterocycles. The molecule has 0 aliphatic carbocycles. The molecule has 0 radical (unpaired) electrons. The van der Waals surface area contributed by atoms with Gasteiger partial charge in [-0.25, -0.2) is 0 Å². The molecule has 0 spiro atoms. The van der Waals surface area contributed by atoms with Crippen LogP contribution in [0.4, 0.5) is 11.4 Å². The lowest BCUT2D eigenvalue weighted by molar-refractivity contribution is 0.283. The van der Waals surface area contributed by atoms with Crippen LogP contribution >= 0.6 is 11.6 Å². The predicted octanol–water partition coefficient (Wildman–Crippen LogP) is 8.75. The van der Waals surface area contributed by atoms with Crippen molar-refractivity contribution in [2.75, 3.05) is 0 Å². The molecule has 0 aliphatic rings. The van der Waals surface area contributed by atoms with Gasteiger partial charge in [-0.2, -0.15) is 8.42 Å². The quantitative estimate of drug-likeness (QED) is 0.230. The summed E-state index contributed by atoms with van der Waals surface area (Å²) in [6, 6.07) is 17.4. The van der Waals surface area contributed by atoms with Crippen molar-refractivity contribution in [1.29, 1.82) is 0 Å². The Morgan fingerprint density at radius 2 is 1.41 bits per heavy atom. The van der Waals surface area contributed by atoms with E-state index in [0.29, 0.717) is 5.56 Å². The first-order valence-electron chi connectivity index (χ1n) is 12.0. The highest BCUT2D eigenvalue weighted by Crippen LogP contribution is 2.47. The van der Waals surface area contributed by atoms with Crippen molar-refractivity contribution >= 4 is 33.1 Å². The van der Waals surface area contributed by atoms with Gasteiger partial charge in [0, 0.05) is 11.0 Å². The number of halogens is 1. The number of azo groups is 1. The van der Waals surface area contributed by atoms with Crippen LogP contribution in [0.3, 0.4) is 0 Å². The van der Waals surface area contributed by atoms with Crippen molar-refractivity contribution in [3.05, 3.63) is 82.4 Å². The van der Waals surface area contributed by atoms with Gasteiger partial charge >= 0.3 is 0 Å². The first kappa shape index (κ1) is 28.8. The fourth-order valence-electron chi connectivity index (χ4n) is 4.84. The summed E-state index contributed by atoms with van der Waals surface area (Å²) in [4.78, 5) is -0.346. The number of rotatable bonds is 7. The smallest absolute Gasteiger partial charge is 0.294 e. The van der Waals surface area contributed by atoms with Crippen LogP contribution in [0, 0.1) is 5.41 Å². The zero-order chi connectivity index (χ0) is 27.8. The molecule has 6 nitrogen and oxygen atoms in total. The molecule has 0 saturated carbocycles. The monoisotopic (exact) mass is 542 g/mol. The third-order valence-electron chi connectivity index (χ3n) is 6.49. The average Bonchev–Trinajstić information content (AvgIpc) is 2.77. The molecule has 2 N–H and O–H groups in total. The molecule has 0 bridgehead atoms. The van der Waals surface area contributed by atoms with E-state index in [2.05, 4.69) is 44.8 Å². The van der Waals surface area contributed by atoms with Crippen molar-refractivity contribution in [3.8, 4) is 5.75 Å². The Hall–Kier alpha value is -2.74. The van der Waals surface area contributed by atoms with E-state index in [1.807, 2.05) is 56.3 Å². The second-order valence-corrected chi connectivity index (χ2v) is 13.6. The van der Waals surface area contributed by atoms with E-state index < -0.39 is 15.5 Å². The molecule has 0 saturated heterocycles. The average molecular weight is 543 g/mol. The fourth-order valence-corrected chi connectivity index (χ4v) is 5.49. The molecular formula is C29H35ClN2O4S. The molecule has 3 aromatic carbocycles. The molecule has 0 fully saturated rings. The van der Waals surface area contributed by atoms with E-state index in [0.717, 1.165) is 23.6 Å². The minimum Gasteiger partial charge on any atom is -0.505 e. The van der Waals surface area contributed by atoms with E-state index in [4.69, 9.17) is 11.6 Å². The number of phenolic OH excluding ortho intramolecular Hbond substituents is 1. The van der Waals surface area contributed by atoms with E-state index >= 15 is 0 Å². The van der Waals surface area contributed by atoms with Crippen LogP contribution in [-0.4, -0.2) is 18.1 Å². The summed E-state index contributed by atoms with van der Waals surface area (Å²) < 4.78 is 32.6. The second kappa shape index (κ2) is 10.2. The molecule has 3 aromatic rings. The highest BCUT2D eigenvalue weighted by Gasteiger charge is 2.33. The van der Waals surface area contributed by atoms with Gasteiger partial charge in [0.2, 0.25) is 0 Å². The summed E-state index contributed by atoms with van der Waals surface area (Å²) >= 11 is 6.22. The van der Waals surface area contributed by atoms with Gasteiger partial charge in [0.05, 0.1) is 9.92 Å². The first-order chi connectivity index (χ1) is 16.9. The first-order valence-corrected chi connectivity index (χ1v) is 13.9. The van der Waals surface area contributed by atoms with Crippen LogP contribution in [0.15, 0.2) is 75.8 Å². The Bertz CT molecular complexity index is 1420. The summed E-state index contributed by atoms with van der Waals surface area (Å²) in [6.07, 6.45) is 0.884. The summed E-state index contributed by atoms with van der Waals surface area (Å²) in [5.74, 6) is -0.0185. The van der Waals surface area contributed by atoms with Gasteiger partial charge in [-0.3, -0.25) is 4.55 Å². The van der Waals surface area contributed by atoms with Crippen molar-refractivity contribution in [2.24, 2.45) is 15.6 Å².